The molecule has 4 N–H and O–H groups in total. The summed E-state index contributed by atoms with van der Waals surface area (Å²) in [7, 11) is 0. The van der Waals surface area contributed by atoms with Gasteiger partial charge in [-0.1, -0.05) is 12.1 Å². The Bertz CT molecular complexity index is 210. The maximum absolute atomic E-state index is 5.65. The summed E-state index contributed by atoms with van der Waals surface area (Å²) >= 11 is 0. The van der Waals surface area contributed by atoms with E-state index in [1.165, 1.54) is 5.56 Å². The van der Waals surface area contributed by atoms with E-state index in [1.54, 1.807) is 0 Å². The fourth-order valence-corrected chi connectivity index (χ4v) is 1.00. The molecule has 0 radical (unpaired) electrons. The third-order valence-corrected chi connectivity index (χ3v) is 1.65. The first kappa shape index (κ1) is 7.09. The Hall–Kier alpha value is -1.02. The molecule has 0 atom stereocenters. The molecule has 0 aliphatic carbocycles. The number of benzene rings is 1. The Kier molecular flexibility index (Phi) is 1.92. The van der Waals surface area contributed by atoms with E-state index in [4.69, 9.17) is 11.5 Å². The summed E-state index contributed by atoms with van der Waals surface area (Å²) < 4.78 is 0. The number of nitrogen functional groups attached to an aromatic ring is 1. The van der Waals surface area contributed by atoms with Crippen molar-refractivity contribution in [3.8, 4) is 0 Å². The minimum atomic E-state index is 0.526. The molecule has 0 saturated heterocycles. The van der Waals surface area contributed by atoms with Gasteiger partial charge in [-0.15, -0.1) is 0 Å². The average Bonchev–Trinajstić information content (AvgIpc) is 1.88. The highest BCUT2D eigenvalue weighted by atomic mass is 14.6. The molecule has 0 fully saturated rings. The molecule has 0 heterocycles. The molecule has 0 aromatic heterocycles. The lowest BCUT2D eigenvalue weighted by molar-refractivity contribution is 1.05. The summed E-state index contributed by atoms with van der Waals surface area (Å²) in [6.45, 7) is 2.54. The molecule has 0 aliphatic rings. The second kappa shape index (κ2) is 2.71. The van der Waals surface area contributed by atoms with Crippen molar-refractivity contribution in [2.75, 3.05) is 5.73 Å². The van der Waals surface area contributed by atoms with Crippen LogP contribution in [0.15, 0.2) is 18.2 Å². The fourth-order valence-electron chi connectivity index (χ4n) is 1.00. The van der Waals surface area contributed by atoms with Gasteiger partial charge in [0.2, 0.25) is 0 Å². The van der Waals surface area contributed by atoms with Crippen LogP contribution in [0.25, 0.3) is 0 Å². The van der Waals surface area contributed by atoms with E-state index >= 15 is 0 Å². The molecule has 0 spiro atoms. The number of hydrogen-bond acceptors (Lipinski definition) is 2. The van der Waals surface area contributed by atoms with E-state index in [0.717, 1.165) is 11.3 Å². The molecule has 1 aromatic carbocycles. The molecule has 2 nitrogen and oxygen atoms in total. The van der Waals surface area contributed by atoms with Crippen LogP contribution < -0.4 is 11.5 Å². The Morgan fingerprint density at radius 1 is 1.40 bits per heavy atom. The van der Waals surface area contributed by atoms with Crippen LogP contribution in [0.2, 0.25) is 0 Å². The van der Waals surface area contributed by atoms with Crippen LogP contribution in [0, 0.1) is 6.92 Å². The lowest BCUT2D eigenvalue weighted by Gasteiger charge is -2.04. The quantitative estimate of drug-likeness (QED) is 0.567. The van der Waals surface area contributed by atoms with Gasteiger partial charge in [0.05, 0.1) is 0 Å². The van der Waals surface area contributed by atoms with E-state index in [1.807, 2.05) is 25.1 Å². The second-order valence-electron chi connectivity index (χ2n) is 2.35. The smallest absolute Gasteiger partial charge is 0.0362 e. The van der Waals surface area contributed by atoms with Crippen molar-refractivity contribution in [2.45, 2.75) is 13.5 Å². The zero-order chi connectivity index (χ0) is 7.56. The van der Waals surface area contributed by atoms with E-state index in [0.29, 0.717) is 6.54 Å². The van der Waals surface area contributed by atoms with Gasteiger partial charge in [0.15, 0.2) is 0 Å². The molecule has 0 amide bonds. The largest absolute Gasteiger partial charge is 0.398 e. The van der Waals surface area contributed by atoms with Gasteiger partial charge >= 0.3 is 0 Å². The van der Waals surface area contributed by atoms with Gasteiger partial charge in [0.1, 0.15) is 0 Å². The predicted octanol–water partition coefficient (Wildman–Crippen LogP) is 1.04. The monoisotopic (exact) mass is 136 g/mol. The highest BCUT2D eigenvalue weighted by Gasteiger charge is 1.97. The highest BCUT2D eigenvalue weighted by molar-refractivity contribution is 5.50. The van der Waals surface area contributed by atoms with Crippen molar-refractivity contribution in [1.82, 2.24) is 0 Å². The maximum atomic E-state index is 5.65. The molecule has 0 saturated carbocycles. The van der Waals surface area contributed by atoms with Crippen molar-refractivity contribution < 1.29 is 0 Å². The zero-order valence-electron chi connectivity index (χ0n) is 6.09. The van der Waals surface area contributed by atoms with E-state index in [2.05, 4.69) is 0 Å². The second-order valence-corrected chi connectivity index (χ2v) is 2.35. The number of aryl methyl sites for hydroxylation is 1. The van der Waals surface area contributed by atoms with Crippen molar-refractivity contribution in [3.63, 3.8) is 0 Å². The molecular weight excluding hydrogens is 124 g/mol. The summed E-state index contributed by atoms with van der Waals surface area (Å²) in [6, 6.07) is 5.82. The van der Waals surface area contributed by atoms with Gasteiger partial charge in [-0.05, 0) is 24.1 Å². The highest BCUT2D eigenvalue weighted by Crippen LogP contribution is 2.14. The molecule has 10 heavy (non-hydrogen) atoms. The molecule has 1 aromatic rings. The summed E-state index contributed by atoms with van der Waals surface area (Å²) in [5.41, 5.74) is 14.1. The van der Waals surface area contributed by atoms with Crippen LogP contribution in [-0.4, -0.2) is 0 Å². The SMILES string of the molecule is Cc1cccc(N)c1CN. The maximum Gasteiger partial charge on any atom is 0.0362 e. The van der Waals surface area contributed by atoms with Crippen molar-refractivity contribution >= 4 is 5.69 Å². The summed E-state index contributed by atoms with van der Waals surface area (Å²) in [5, 5.41) is 0. The number of rotatable bonds is 1. The minimum absolute atomic E-state index is 0.526. The summed E-state index contributed by atoms with van der Waals surface area (Å²) in [5.74, 6) is 0. The number of anilines is 1. The Morgan fingerprint density at radius 3 is 2.50 bits per heavy atom. The topological polar surface area (TPSA) is 52.0 Å². The van der Waals surface area contributed by atoms with Crippen LogP contribution >= 0.6 is 0 Å². The van der Waals surface area contributed by atoms with Crippen LogP contribution in [-0.2, 0) is 6.54 Å². The van der Waals surface area contributed by atoms with Crippen LogP contribution in [0.4, 0.5) is 5.69 Å². The lowest BCUT2D eigenvalue weighted by atomic mass is 10.1. The standard InChI is InChI=1S/C8H12N2/c1-6-3-2-4-8(10)7(6)5-9/h2-4H,5,9-10H2,1H3. The molecule has 54 valence electrons. The lowest BCUT2D eigenvalue weighted by Crippen LogP contribution is -2.03. The van der Waals surface area contributed by atoms with Crippen molar-refractivity contribution in [1.29, 1.82) is 0 Å². The first-order valence-electron chi connectivity index (χ1n) is 3.29. The van der Waals surface area contributed by atoms with Gasteiger partial charge in [-0.25, -0.2) is 0 Å². The minimum Gasteiger partial charge on any atom is -0.398 e. The number of nitrogens with two attached hydrogens (primary N) is 2. The van der Waals surface area contributed by atoms with E-state index < -0.39 is 0 Å². The summed E-state index contributed by atoms with van der Waals surface area (Å²) in [4.78, 5) is 0. The van der Waals surface area contributed by atoms with E-state index in [-0.39, 0.29) is 0 Å². The average molecular weight is 136 g/mol. The third-order valence-electron chi connectivity index (χ3n) is 1.65. The van der Waals surface area contributed by atoms with Crippen LogP contribution in [0.1, 0.15) is 11.1 Å². The molecular formula is C8H12N2. The Labute approximate surface area is 60.8 Å². The molecule has 0 aliphatic heterocycles. The third kappa shape index (κ3) is 1.11. The van der Waals surface area contributed by atoms with E-state index in [9.17, 15) is 0 Å². The number of hydrogen-bond donors (Lipinski definition) is 2. The predicted molar refractivity (Wildman–Crippen MR) is 43.5 cm³/mol. The normalized spacial score (nSPS) is 9.80. The van der Waals surface area contributed by atoms with Crippen LogP contribution in [0.5, 0.6) is 0 Å². The molecule has 0 bridgehead atoms. The van der Waals surface area contributed by atoms with Crippen LogP contribution in [0.3, 0.4) is 0 Å². The van der Waals surface area contributed by atoms with Crippen molar-refractivity contribution in [2.24, 2.45) is 5.73 Å². The first-order chi connectivity index (χ1) is 4.75. The molecule has 0 unspecified atom stereocenters. The molecule has 1 rings (SSSR count). The molecule has 2 heteroatoms. The van der Waals surface area contributed by atoms with Crippen molar-refractivity contribution in [3.05, 3.63) is 29.3 Å². The Balaban J connectivity index is 3.17. The first-order valence-corrected chi connectivity index (χ1v) is 3.29. The van der Waals surface area contributed by atoms with Gasteiger partial charge in [0, 0.05) is 12.2 Å². The van der Waals surface area contributed by atoms with Gasteiger partial charge in [-0.3, -0.25) is 0 Å². The Morgan fingerprint density at radius 2 is 2.10 bits per heavy atom. The summed E-state index contributed by atoms with van der Waals surface area (Å²) in [6.07, 6.45) is 0. The van der Waals surface area contributed by atoms with Gasteiger partial charge < -0.3 is 11.5 Å². The van der Waals surface area contributed by atoms with Gasteiger partial charge in [-0.2, -0.15) is 0 Å². The van der Waals surface area contributed by atoms with Gasteiger partial charge in [0.25, 0.3) is 0 Å². The zero-order valence-corrected chi connectivity index (χ0v) is 6.09. The fraction of sp³-hybridized carbons (Fsp3) is 0.250.